The van der Waals surface area contributed by atoms with Crippen molar-refractivity contribution in [2.45, 2.75) is 0 Å². The van der Waals surface area contributed by atoms with Gasteiger partial charge in [-0.2, -0.15) is 0 Å². The molecule has 0 radical (unpaired) electrons. The molecule has 54 valence electrons. The number of aromatic nitrogens is 1. The Labute approximate surface area is 65.4 Å². The molecule has 0 spiro atoms. The molecule has 0 aliphatic carbocycles. The highest BCUT2D eigenvalue weighted by molar-refractivity contribution is 7.34. The van der Waals surface area contributed by atoms with E-state index < -0.39 is 0 Å². The molecule has 1 aromatic heterocycles. The molecule has 1 aromatic carbocycles. The van der Waals surface area contributed by atoms with Crippen molar-refractivity contribution >= 4 is 24.7 Å². The monoisotopic (exact) mass is 164 g/mol. The SMILES string of the molecule is O=[PH+]c1c[nH]c2ccccc12. The molecule has 0 saturated heterocycles. The highest BCUT2D eigenvalue weighted by atomic mass is 31.1. The van der Waals surface area contributed by atoms with Gasteiger partial charge in [0.1, 0.15) is 0 Å². The second-order valence-corrected chi connectivity index (χ2v) is 3.09. The van der Waals surface area contributed by atoms with Crippen LogP contribution in [0.15, 0.2) is 30.5 Å². The molecule has 0 amide bonds. The molecule has 0 fully saturated rings. The third-order valence-corrected chi connectivity index (χ3v) is 2.33. The highest BCUT2D eigenvalue weighted by Gasteiger charge is 2.06. The Kier molecular flexibility index (Phi) is 1.48. The summed E-state index contributed by atoms with van der Waals surface area (Å²) in [5.74, 6) is 0. The Balaban J connectivity index is 2.86. The fourth-order valence-corrected chi connectivity index (χ4v) is 1.62. The quantitative estimate of drug-likeness (QED) is 0.640. The topological polar surface area (TPSA) is 32.9 Å². The van der Waals surface area contributed by atoms with E-state index in [4.69, 9.17) is 0 Å². The van der Waals surface area contributed by atoms with Gasteiger partial charge in [-0.3, -0.25) is 0 Å². The van der Waals surface area contributed by atoms with Crippen molar-refractivity contribution in [3.8, 4) is 0 Å². The van der Waals surface area contributed by atoms with E-state index in [2.05, 4.69) is 4.98 Å². The van der Waals surface area contributed by atoms with E-state index in [1.165, 1.54) is 0 Å². The summed E-state index contributed by atoms with van der Waals surface area (Å²) in [6.07, 6.45) is 1.79. The van der Waals surface area contributed by atoms with Crippen molar-refractivity contribution in [3.63, 3.8) is 0 Å². The standard InChI is InChI=1S/C8H6NOP/c10-11-8-5-9-7-4-2-1-3-6(7)8/h1-5,9H/p+1. The summed E-state index contributed by atoms with van der Waals surface area (Å²) in [7, 11) is -0.373. The summed E-state index contributed by atoms with van der Waals surface area (Å²) >= 11 is 0. The summed E-state index contributed by atoms with van der Waals surface area (Å²) in [5.41, 5.74) is 1.05. The van der Waals surface area contributed by atoms with Gasteiger partial charge in [0.2, 0.25) is 5.30 Å². The molecule has 2 aromatic rings. The van der Waals surface area contributed by atoms with Crippen LogP contribution >= 0.6 is 8.46 Å². The molecule has 0 bridgehead atoms. The predicted molar refractivity (Wildman–Crippen MR) is 46.9 cm³/mol. The van der Waals surface area contributed by atoms with E-state index in [9.17, 15) is 4.57 Å². The van der Waals surface area contributed by atoms with E-state index in [-0.39, 0.29) is 8.46 Å². The molecule has 1 N–H and O–H groups in total. The van der Waals surface area contributed by atoms with Gasteiger partial charge in [-0.05, 0) is 12.1 Å². The summed E-state index contributed by atoms with van der Waals surface area (Å²) in [4.78, 5) is 3.05. The number of fused-ring (bicyclic) bond motifs is 1. The van der Waals surface area contributed by atoms with Gasteiger partial charge >= 0.3 is 8.46 Å². The molecule has 0 aliphatic heterocycles. The molecule has 2 rings (SSSR count). The van der Waals surface area contributed by atoms with Crippen molar-refractivity contribution in [2.75, 3.05) is 0 Å². The molecule has 1 unspecified atom stereocenters. The van der Waals surface area contributed by atoms with Crippen LogP contribution in [0, 0.1) is 0 Å². The Bertz CT molecular complexity index is 394. The van der Waals surface area contributed by atoms with Gasteiger partial charge in [-0.25, -0.2) is 0 Å². The van der Waals surface area contributed by atoms with Crippen molar-refractivity contribution < 1.29 is 4.57 Å². The first kappa shape index (κ1) is 6.56. The maximum atomic E-state index is 10.6. The van der Waals surface area contributed by atoms with E-state index in [1.54, 1.807) is 6.20 Å². The van der Waals surface area contributed by atoms with Crippen LogP contribution in [0.3, 0.4) is 0 Å². The number of rotatable bonds is 1. The lowest BCUT2D eigenvalue weighted by Crippen LogP contribution is -1.83. The van der Waals surface area contributed by atoms with Crippen LogP contribution in [-0.4, -0.2) is 4.98 Å². The summed E-state index contributed by atoms with van der Waals surface area (Å²) in [6.45, 7) is 0. The first-order valence-corrected chi connectivity index (χ1v) is 4.27. The van der Waals surface area contributed by atoms with Gasteiger partial charge in [0.25, 0.3) is 0 Å². The lowest BCUT2D eigenvalue weighted by atomic mass is 10.2. The third-order valence-electron chi connectivity index (χ3n) is 1.70. The fourth-order valence-electron chi connectivity index (χ4n) is 1.16. The van der Waals surface area contributed by atoms with Crippen LogP contribution in [-0.2, 0) is 4.57 Å². The van der Waals surface area contributed by atoms with Crippen molar-refractivity contribution in [1.82, 2.24) is 4.98 Å². The summed E-state index contributed by atoms with van der Waals surface area (Å²) in [6, 6.07) is 7.83. The summed E-state index contributed by atoms with van der Waals surface area (Å²) < 4.78 is 10.6. The first-order valence-electron chi connectivity index (χ1n) is 3.36. The largest absolute Gasteiger partial charge is 0.365 e. The zero-order valence-electron chi connectivity index (χ0n) is 5.79. The fraction of sp³-hybridized carbons (Fsp3) is 0. The zero-order chi connectivity index (χ0) is 7.68. The van der Waals surface area contributed by atoms with Crippen LogP contribution in [0.25, 0.3) is 10.9 Å². The second kappa shape index (κ2) is 2.48. The number of nitrogens with one attached hydrogen (secondary N) is 1. The molecular formula is C8H7NOP+. The zero-order valence-corrected chi connectivity index (χ0v) is 6.79. The number of hydrogen-bond donors (Lipinski definition) is 1. The smallest absolute Gasteiger partial charge is 0.357 e. The number of H-pyrrole nitrogens is 1. The number of aromatic amines is 1. The van der Waals surface area contributed by atoms with Gasteiger partial charge in [0, 0.05) is 0 Å². The Hall–Kier alpha value is -1.14. The van der Waals surface area contributed by atoms with E-state index in [0.29, 0.717) is 0 Å². The van der Waals surface area contributed by atoms with Crippen LogP contribution in [0.2, 0.25) is 0 Å². The Morgan fingerprint density at radius 3 is 2.91 bits per heavy atom. The minimum absolute atomic E-state index is 0.373. The first-order chi connectivity index (χ1) is 5.42. The Morgan fingerprint density at radius 1 is 1.27 bits per heavy atom. The van der Waals surface area contributed by atoms with Gasteiger partial charge in [-0.15, -0.1) is 0 Å². The van der Waals surface area contributed by atoms with Gasteiger partial charge < -0.3 is 4.98 Å². The molecule has 1 atom stereocenters. The molecule has 2 nitrogen and oxygen atoms in total. The van der Waals surface area contributed by atoms with Crippen molar-refractivity contribution in [3.05, 3.63) is 30.5 Å². The summed E-state index contributed by atoms with van der Waals surface area (Å²) in [5, 5.41) is 1.93. The minimum Gasteiger partial charge on any atom is -0.357 e. The van der Waals surface area contributed by atoms with Crippen molar-refractivity contribution in [2.24, 2.45) is 0 Å². The number of para-hydroxylation sites is 1. The van der Waals surface area contributed by atoms with Crippen LogP contribution in [0.5, 0.6) is 0 Å². The second-order valence-electron chi connectivity index (χ2n) is 2.35. The van der Waals surface area contributed by atoms with Crippen LogP contribution < -0.4 is 5.30 Å². The Morgan fingerprint density at radius 2 is 2.09 bits per heavy atom. The lowest BCUT2D eigenvalue weighted by molar-refractivity contribution is 0.603. The molecule has 0 aliphatic rings. The molecule has 11 heavy (non-hydrogen) atoms. The molecule has 1 heterocycles. The van der Waals surface area contributed by atoms with Crippen LogP contribution in [0.1, 0.15) is 0 Å². The third kappa shape index (κ3) is 0.958. The predicted octanol–water partition coefficient (Wildman–Crippen LogP) is 1.82. The number of benzene rings is 1. The van der Waals surface area contributed by atoms with Gasteiger partial charge in [-0.1, -0.05) is 16.7 Å². The average Bonchev–Trinajstić information content (AvgIpc) is 2.47. The maximum Gasteiger partial charge on any atom is 0.365 e. The molecule has 0 saturated carbocycles. The normalized spacial score (nSPS) is 10.9. The van der Waals surface area contributed by atoms with E-state index in [0.717, 1.165) is 16.2 Å². The maximum absolute atomic E-state index is 10.6. The average molecular weight is 164 g/mol. The van der Waals surface area contributed by atoms with Gasteiger partial charge in [0.05, 0.1) is 17.1 Å². The molecular weight excluding hydrogens is 157 g/mol. The van der Waals surface area contributed by atoms with E-state index in [1.807, 2.05) is 24.3 Å². The number of hydrogen-bond acceptors (Lipinski definition) is 1. The minimum atomic E-state index is -0.373. The van der Waals surface area contributed by atoms with Crippen molar-refractivity contribution in [1.29, 1.82) is 0 Å². The highest BCUT2D eigenvalue weighted by Crippen LogP contribution is 2.12. The lowest BCUT2D eigenvalue weighted by Gasteiger charge is -1.83. The molecule has 3 heteroatoms. The van der Waals surface area contributed by atoms with E-state index >= 15 is 0 Å². The van der Waals surface area contributed by atoms with Gasteiger partial charge in [0.15, 0.2) is 0 Å². The van der Waals surface area contributed by atoms with Crippen LogP contribution in [0.4, 0.5) is 0 Å².